The Morgan fingerprint density at radius 3 is 3.04 bits per heavy atom. The van der Waals surface area contributed by atoms with E-state index in [1.54, 1.807) is 19.2 Å². The first-order chi connectivity index (χ1) is 12.0. The summed E-state index contributed by atoms with van der Waals surface area (Å²) in [5, 5.41) is 10.6. The number of hydrogen-bond donors (Lipinski definition) is 1. The van der Waals surface area contributed by atoms with Crippen molar-refractivity contribution in [2.45, 2.75) is 26.8 Å². The van der Waals surface area contributed by atoms with E-state index in [2.05, 4.69) is 16.9 Å². The van der Waals surface area contributed by atoms with Crippen LogP contribution < -0.4 is 0 Å². The van der Waals surface area contributed by atoms with Gasteiger partial charge in [-0.3, -0.25) is 0 Å². The van der Waals surface area contributed by atoms with Gasteiger partial charge in [0, 0.05) is 29.7 Å². The number of phenols is 1. The first-order valence-electron chi connectivity index (χ1n) is 8.33. The van der Waals surface area contributed by atoms with Crippen molar-refractivity contribution in [3.63, 3.8) is 0 Å². The van der Waals surface area contributed by atoms with Gasteiger partial charge < -0.3 is 14.7 Å². The van der Waals surface area contributed by atoms with Gasteiger partial charge in [-0.05, 0) is 45.0 Å². The van der Waals surface area contributed by atoms with Crippen LogP contribution in [0.3, 0.4) is 0 Å². The number of fused-ring (bicyclic) bond motifs is 1. The Morgan fingerprint density at radius 2 is 2.28 bits per heavy atom. The molecular formula is C19H22N2O3S. The predicted octanol–water partition coefficient (Wildman–Crippen LogP) is 3.68. The van der Waals surface area contributed by atoms with Gasteiger partial charge >= 0.3 is 5.97 Å². The maximum absolute atomic E-state index is 12.5. The molecule has 0 bridgehead atoms. The maximum Gasteiger partial charge on any atom is 0.341 e. The third-order valence-electron chi connectivity index (χ3n) is 4.21. The number of aliphatic imine (C=N–C) groups is 1. The number of rotatable bonds is 4. The molecule has 0 aliphatic carbocycles. The van der Waals surface area contributed by atoms with Crippen LogP contribution in [0, 0.1) is 6.92 Å². The fourth-order valence-electron chi connectivity index (χ4n) is 2.93. The van der Waals surface area contributed by atoms with Gasteiger partial charge in [-0.25, -0.2) is 9.79 Å². The van der Waals surface area contributed by atoms with Gasteiger partial charge in [0.2, 0.25) is 0 Å². The van der Waals surface area contributed by atoms with E-state index in [4.69, 9.17) is 4.74 Å². The molecule has 1 N–H and O–H groups in total. The van der Waals surface area contributed by atoms with E-state index in [-0.39, 0.29) is 11.7 Å². The molecule has 0 saturated heterocycles. The van der Waals surface area contributed by atoms with Crippen LogP contribution in [0.25, 0.3) is 0 Å². The van der Waals surface area contributed by atoms with Crippen LogP contribution in [0.4, 0.5) is 5.00 Å². The number of phenolic OH excluding ortho intramolecular Hbond substituents is 1. The maximum atomic E-state index is 12.5. The van der Waals surface area contributed by atoms with E-state index in [1.165, 1.54) is 11.3 Å². The Bertz CT molecular complexity index is 826. The summed E-state index contributed by atoms with van der Waals surface area (Å²) >= 11 is 1.53. The molecule has 132 valence electrons. The number of hydrogen-bond acceptors (Lipinski definition) is 6. The topological polar surface area (TPSA) is 62.1 Å². The molecule has 25 heavy (non-hydrogen) atoms. The number of aromatic hydroxyl groups is 1. The van der Waals surface area contributed by atoms with E-state index < -0.39 is 0 Å². The van der Waals surface area contributed by atoms with Gasteiger partial charge in [0.25, 0.3) is 0 Å². The number of carbonyl (C=O) groups excluding carboxylic acids is 1. The average Bonchev–Trinajstić information content (AvgIpc) is 2.93. The van der Waals surface area contributed by atoms with Gasteiger partial charge in [0.15, 0.2) is 0 Å². The first-order valence-corrected chi connectivity index (χ1v) is 9.15. The standard InChI is InChI=1S/C19H22N2O3S/c1-4-24-19(23)17-14-7-8-21(3)11-16(14)25-18(17)20-10-13-9-12(2)5-6-15(13)22/h5-6,9-10,22H,4,7-8,11H2,1-3H3/b20-10+. The molecule has 0 amide bonds. The van der Waals surface area contributed by atoms with Crippen molar-refractivity contribution in [1.82, 2.24) is 4.90 Å². The largest absolute Gasteiger partial charge is 0.507 e. The van der Waals surface area contributed by atoms with Gasteiger partial charge in [-0.15, -0.1) is 11.3 Å². The van der Waals surface area contributed by atoms with E-state index in [1.807, 2.05) is 19.1 Å². The fourth-order valence-corrected chi connectivity index (χ4v) is 4.19. The molecule has 0 spiro atoms. The number of benzene rings is 1. The van der Waals surface area contributed by atoms with Gasteiger partial charge in [0.05, 0.1) is 12.2 Å². The molecule has 0 atom stereocenters. The van der Waals surface area contributed by atoms with Crippen molar-refractivity contribution < 1.29 is 14.6 Å². The summed E-state index contributed by atoms with van der Waals surface area (Å²) in [5.74, 6) is -0.141. The number of nitrogens with zero attached hydrogens (tertiary/aromatic N) is 2. The van der Waals surface area contributed by atoms with Crippen LogP contribution in [0.2, 0.25) is 0 Å². The molecular weight excluding hydrogens is 336 g/mol. The lowest BCUT2D eigenvalue weighted by molar-refractivity contribution is 0.0526. The minimum absolute atomic E-state index is 0.174. The molecule has 0 unspecified atom stereocenters. The third kappa shape index (κ3) is 3.75. The summed E-state index contributed by atoms with van der Waals surface area (Å²) in [4.78, 5) is 20.4. The highest BCUT2D eigenvalue weighted by Gasteiger charge is 2.27. The Balaban J connectivity index is 2.01. The van der Waals surface area contributed by atoms with E-state index in [9.17, 15) is 9.90 Å². The van der Waals surface area contributed by atoms with Crippen molar-refractivity contribution in [3.8, 4) is 5.75 Å². The molecule has 1 aromatic carbocycles. The monoisotopic (exact) mass is 358 g/mol. The molecule has 2 heterocycles. The normalized spacial score (nSPS) is 14.7. The van der Waals surface area contributed by atoms with Gasteiger partial charge in [-0.1, -0.05) is 11.6 Å². The minimum atomic E-state index is -0.315. The van der Waals surface area contributed by atoms with Crippen LogP contribution in [0.15, 0.2) is 23.2 Å². The third-order valence-corrected chi connectivity index (χ3v) is 5.34. The van der Waals surface area contributed by atoms with Crippen LogP contribution in [-0.4, -0.2) is 42.4 Å². The quantitative estimate of drug-likeness (QED) is 0.669. The number of ether oxygens (including phenoxy) is 1. The second-order valence-corrected chi connectivity index (χ2v) is 7.30. The van der Waals surface area contributed by atoms with Crippen LogP contribution >= 0.6 is 11.3 Å². The Labute approximate surface area is 151 Å². The van der Waals surface area contributed by atoms with Crippen molar-refractivity contribution in [2.24, 2.45) is 4.99 Å². The predicted molar refractivity (Wildman–Crippen MR) is 100 cm³/mol. The summed E-state index contributed by atoms with van der Waals surface area (Å²) < 4.78 is 5.25. The molecule has 1 aromatic heterocycles. The van der Waals surface area contributed by atoms with Crippen LogP contribution in [0.1, 0.15) is 38.8 Å². The summed E-state index contributed by atoms with van der Waals surface area (Å²) in [6.45, 7) is 5.83. The van der Waals surface area contributed by atoms with E-state index in [0.29, 0.717) is 22.7 Å². The van der Waals surface area contributed by atoms with Gasteiger partial charge in [0.1, 0.15) is 10.8 Å². The molecule has 0 fully saturated rings. The molecule has 1 aliphatic rings. The number of thiophene rings is 1. The van der Waals surface area contributed by atoms with E-state index in [0.717, 1.165) is 35.5 Å². The lowest BCUT2D eigenvalue weighted by atomic mass is 10.0. The highest BCUT2D eigenvalue weighted by molar-refractivity contribution is 7.16. The Morgan fingerprint density at radius 1 is 1.48 bits per heavy atom. The second kappa shape index (κ2) is 7.37. The van der Waals surface area contributed by atoms with Crippen molar-refractivity contribution in [2.75, 3.05) is 20.2 Å². The Hall–Kier alpha value is -2.18. The zero-order valence-electron chi connectivity index (χ0n) is 14.7. The highest BCUT2D eigenvalue weighted by Crippen LogP contribution is 2.39. The molecule has 0 radical (unpaired) electrons. The molecule has 5 nitrogen and oxygen atoms in total. The van der Waals surface area contributed by atoms with Crippen molar-refractivity contribution in [3.05, 3.63) is 45.3 Å². The Kier molecular flexibility index (Phi) is 5.20. The van der Waals surface area contributed by atoms with Crippen molar-refractivity contribution >= 4 is 28.5 Å². The summed E-state index contributed by atoms with van der Waals surface area (Å²) in [7, 11) is 2.07. The molecule has 6 heteroatoms. The lowest BCUT2D eigenvalue weighted by Crippen LogP contribution is -2.26. The molecule has 0 saturated carbocycles. The average molecular weight is 358 g/mol. The second-order valence-electron chi connectivity index (χ2n) is 6.21. The molecule has 3 rings (SSSR count). The molecule has 1 aliphatic heterocycles. The first kappa shape index (κ1) is 17.6. The van der Waals surface area contributed by atoms with E-state index >= 15 is 0 Å². The summed E-state index contributed by atoms with van der Waals surface area (Å²) in [5.41, 5.74) is 3.32. The number of likely N-dealkylation sites (N-methyl/N-ethyl adjacent to an activating group) is 1. The minimum Gasteiger partial charge on any atom is -0.507 e. The smallest absolute Gasteiger partial charge is 0.341 e. The summed E-state index contributed by atoms with van der Waals surface area (Å²) in [6, 6.07) is 5.36. The SMILES string of the molecule is CCOC(=O)c1c(/N=C/c2cc(C)ccc2O)sc2c1CCN(C)C2. The number of esters is 1. The summed E-state index contributed by atoms with van der Waals surface area (Å²) in [6.07, 6.45) is 2.44. The van der Waals surface area contributed by atoms with Crippen molar-refractivity contribution in [1.29, 1.82) is 0 Å². The lowest BCUT2D eigenvalue weighted by Gasteiger charge is -2.22. The van der Waals surface area contributed by atoms with Gasteiger partial charge in [-0.2, -0.15) is 0 Å². The number of carbonyl (C=O) groups is 1. The molecule has 2 aromatic rings. The zero-order valence-corrected chi connectivity index (χ0v) is 15.5. The highest BCUT2D eigenvalue weighted by atomic mass is 32.1. The number of aryl methyl sites for hydroxylation is 1. The zero-order chi connectivity index (χ0) is 18.0. The fraction of sp³-hybridized carbons (Fsp3) is 0.368. The van der Waals surface area contributed by atoms with Crippen LogP contribution in [0.5, 0.6) is 5.75 Å². The van der Waals surface area contributed by atoms with Crippen LogP contribution in [-0.2, 0) is 17.7 Å².